The Morgan fingerprint density at radius 2 is 1.69 bits per heavy atom. The van der Waals surface area contributed by atoms with E-state index in [0.29, 0.717) is 11.1 Å². The second-order valence-corrected chi connectivity index (χ2v) is 2.75. The Bertz CT molecular complexity index is 311. The number of carbonyl (C=O) groups is 1. The zero-order valence-electron chi connectivity index (χ0n) is 7.92. The second kappa shape index (κ2) is 4.65. The third kappa shape index (κ3) is 2.72. The molecule has 13 heavy (non-hydrogen) atoms. The van der Waals surface area contributed by atoms with Gasteiger partial charge in [-0.25, -0.2) is 0 Å². The summed E-state index contributed by atoms with van der Waals surface area (Å²) in [6.45, 7) is 3.30. The molecule has 0 atom stereocenters. The third-order valence-corrected chi connectivity index (χ3v) is 1.73. The van der Waals surface area contributed by atoms with Gasteiger partial charge in [-0.3, -0.25) is 0 Å². The van der Waals surface area contributed by atoms with Crippen molar-refractivity contribution >= 4 is 5.97 Å². The Morgan fingerprint density at radius 1 is 1.31 bits per heavy atom. The second-order valence-electron chi connectivity index (χ2n) is 2.75. The summed E-state index contributed by atoms with van der Waals surface area (Å²) < 4.78 is 0. The molecule has 0 radical (unpaired) electrons. The predicted octanol–water partition coefficient (Wildman–Crippen LogP) is -2.62. The van der Waals surface area contributed by atoms with Crippen molar-refractivity contribution in [1.29, 1.82) is 0 Å². The number of aromatic hydroxyl groups is 1. The Labute approximate surface area is 98.7 Å². The van der Waals surface area contributed by atoms with Crippen LogP contribution in [0.5, 0.6) is 5.75 Å². The zero-order valence-corrected chi connectivity index (χ0v) is 9.92. The number of hydrogen-bond acceptors (Lipinski definition) is 3. The molecule has 0 heterocycles. The number of carbonyl (C=O) groups excluding carboxylic acids is 1. The van der Waals surface area contributed by atoms with Crippen LogP contribution in [0.25, 0.3) is 0 Å². The molecular formula is C9H9NaO3. The average molecular weight is 188 g/mol. The number of hydrogen-bond donors (Lipinski definition) is 1. The van der Waals surface area contributed by atoms with Crippen LogP contribution in [0.3, 0.4) is 0 Å². The van der Waals surface area contributed by atoms with Gasteiger partial charge >= 0.3 is 29.6 Å². The van der Waals surface area contributed by atoms with E-state index >= 15 is 0 Å². The van der Waals surface area contributed by atoms with Gasteiger partial charge in [0.05, 0.1) is 5.97 Å². The Hall–Kier alpha value is -0.510. The maximum absolute atomic E-state index is 10.4. The van der Waals surface area contributed by atoms with Gasteiger partial charge in [-0.2, -0.15) is 0 Å². The number of phenols is 1. The van der Waals surface area contributed by atoms with Crippen LogP contribution in [0.15, 0.2) is 12.1 Å². The molecule has 1 aromatic rings. The molecule has 1 aromatic carbocycles. The van der Waals surface area contributed by atoms with Gasteiger partial charge in [-0.05, 0) is 42.7 Å². The minimum Gasteiger partial charge on any atom is -0.545 e. The van der Waals surface area contributed by atoms with E-state index in [0.717, 1.165) is 0 Å². The number of rotatable bonds is 1. The molecular weight excluding hydrogens is 179 g/mol. The fourth-order valence-corrected chi connectivity index (χ4v) is 1.07. The minimum absolute atomic E-state index is 0. The van der Waals surface area contributed by atoms with E-state index in [9.17, 15) is 15.0 Å². The monoisotopic (exact) mass is 188 g/mol. The van der Waals surface area contributed by atoms with E-state index in [1.165, 1.54) is 12.1 Å². The molecule has 1 rings (SSSR count). The number of phenolic OH excluding ortho intramolecular Hbond substituents is 1. The van der Waals surface area contributed by atoms with E-state index < -0.39 is 5.97 Å². The van der Waals surface area contributed by atoms with Crippen LogP contribution in [-0.2, 0) is 0 Å². The summed E-state index contributed by atoms with van der Waals surface area (Å²) in [5.74, 6) is -1.08. The van der Waals surface area contributed by atoms with E-state index in [-0.39, 0.29) is 40.9 Å². The van der Waals surface area contributed by atoms with Gasteiger partial charge in [0, 0.05) is 0 Å². The smallest absolute Gasteiger partial charge is 0.545 e. The van der Waals surface area contributed by atoms with Crippen molar-refractivity contribution in [3.63, 3.8) is 0 Å². The van der Waals surface area contributed by atoms with Crippen molar-refractivity contribution in [1.82, 2.24) is 0 Å². The molecule has 0 aromatic heterocycles. The molecule has 0 bridgehead atoms. The molecule has 0 saturated carbocycles. The summed E-state index contributed by atoms with van der Waals surface area (Å²) in [5, 5.41) is 19.7. The normalized spacial score (nSPS) is 9.08. The topological polar surface area (TPSA) is 60.4 Å². The van der Waals surface area contributed by atoms with Crippen molar-refractivity contribution in [2.75, 3.05) is 0 Å². The Morgan fingerprint density at radius 3 is 2.00 bits per heavy atom. The van der Waals surface area contributed by atoms with Crippen LogP contribution in [0.1, 0.15) is 21.5 Å². The van der Waals surface area contributed by atoms with E-state index in [1.54, 1.807) is 13.8 Å². The van der Waals surface area contributed by atoms with Crippen molar-refractivity contribution in [2.24, 2.45) is 0 Å². The summed E-state index contributed by atoms with van der Waals surface area (Å²) in [5.41, 5.74) is 1.20. The van der Waals surface area contributed by atoms with E-state index in [1.807, 2.05) is 0 Å². The number of carboxylic acids is 1. The Kier molecular flexibility index (Phi) is 4.47. The SMILES string of the molecule is Cc1cc(C(=O)[O-])cc(C)c1O.[Na+]. The molecule has 0 aliphatic rings. The van der Waals surface area contributed by atoms with Gasteiger partial charge in [-0.15, -0.1) is 0 Å². The van der Waals surface area contributed by atoms with Gasteiger partial charge in [0.25, 0.3) is 0 Å². The number of aromatic carboxylic acids is 1. The minimum atomic E-state index is -1.22. The molecule has 4 heteroatoms. The molecule has 0 unspecified atom stereocenters. The van der Waals surface area contributed by atoms with Crippen molar-refractivity contribution < 1.29 is 44.6 Å². The Balaban J connectivity index is 0.00000144. The van der Waals surface area contributed by atoms with Crippen molar-refractivity contribution in [3.8, 4) is 5.75 Å². The van der Waals surface area contributed by atoms with Crippen LogP contribution in [0.2, 0.25) is 0 Å². The van der Waals surface area contributed by atoms with Crippen LogP contribution >= 0.6 is 0 Å². The van der Waals surface area contributed by atoms with Gasteiger partial charge in [0.1, 0.15) is 5.75 Å². The fraction of sp³-hybridized carbons (Fsp3) is 0.222. The number of carboxylic acid groups (broad SMARTS) is 1. The predicted molar refractivity (Wildman–Crippen MR) is 41.9 cm³/mol. The number of aryl methyl sites for hydroxylation is 2. The average Bonchev–Trinajstić information content (AvgIpc) is 1.99. The van der Waals surface area contributed by atoms with Gasteiger partial charge in [-0.1, -0.05) is 0 Å². The summed E-state index contributed by atoms with van der Waals surface area (Å²) in [4.78, 5) is 10.4. The fourth-order valence-electron chi connectivity index (χ4n) is 1.07. The molecule has 0 aliphatic heterocycles. The van der Waals surface area contributed by atoms with Crippen LogP contribution < -0.4 is 34.7 Å². The quantitative estimate of drug-likeness (QED) is 0.491. The molecule has 0 aliphatic carbocycles. The van der Waals surface area contributed by atoms with Crippen LogP contribution in [-0.4, -0.2) is 11.1 Å². The third-order valence-electron chi connectivity index (χ3n) is 1.73. The maximum atomic E-state index is 10.4. The van der Waals surface area contributed by atoms with Crippen molar-refractivity contribution in [3.05, 3.63) is 28.8 Å². The van der Waals surface area contributed by atoms with E-state index in [2.05, 4.69) is 0 Å². The molecule has 1 N–H and O–H groups in total. The molecule has 0 spiro atoms. The molecule has 3 nitrogen and oxygen atoms in total. The zero-order chi connectivity index (χ0) is 9.30. The van der Waals surface area contributed by atoms with Gasteiger partial charge in [0.2, 0.25) is 0 Å². The standard InChI is InChI=1S/C9H10O3.Na/c1-5-3-7(9(11)12)4-6(2)8(5)10;/h3-4,10H,1-2H3,(H,11,12);/q;+1/p-1. The largest absolute Gasteiger partial charge is 1.00 e. The maximum Gasteiger partial charge on any atom is 1.00 e. The van der Waals surface area contributed by atoms with Crippen LogP contribution in [0.4, 0.5) is 0 Å². The summed E-state index contributed by atoms with van der Waals surface area (Å²) in [6, 6.07) is 2.77. The first-order valence-corrected chi connectivity index (χ1v) is 3.54. The van der Waals surface area contributed by atoms with Gasteiger partial charge < -0.3 is 15.0 Å². The summed E-state index contributed by atoms with van der Waals surface area (Å²) in [6.07, 6.45) is 0. The van der Waals surface area contributed by atoms with Crippen molar-refractivity contribution in [2.45, 2.75) is 13.8 Å². The molecule has 0 saturated heterocycles. The first kappa shape index (κ1) is 12.5. The van der Waals surface area contributed by atoms with Crippen LogP contribution in [0, 0.1) is 13.8 Å². The summed E-state index contributed by atoms with van der Waals surface area (Å²) >= 11 is 0. The van der Waals surface area contributed by atoms with E-state index in [4.69, 9.17) is 0 Å². The number of benzene rings is 1. The van der Waals surface area contributed by atoms with Gasteiger partial charge in [0.15, 0.2) is 0 Å². The molecule has 0 fully saturated rings. The first-order valence-electron chi connectivity index (χ1n) is 3.54. The molecule has 0 amide bonds. The molecule has 64 valence electrons. The first-order chi connectivity index (χ1) is 5.52. The summed E-state index contributed by atoms with van der Waals surface area (Å²) in [7, 11) is 0.